The first-order chi connectivity index (χ1) is 8.57. The van der Waals surface area contributed by atoms with Gasteiger partial charge in [0.25, 0.3) is 0 Å². The first kappa shape index (κ1) is 15.1. The third-order valence-electron chi connectivity index (χ3n) is 2.43. The van der Waals surface area contributed by atoms with Crippen LogP contribution in [0.2, 0.25) is 0 Å². The summed E-state index contributed by atoms with van der Waals surface area (Å²) in [6.07, 6.45) is 0.665. The number of nitrogens with one attached hydrogen (secondary N) is 1. The van der Waals surface area contributed by atoms with E-state index >= 15 is 0 Å². The highest BCUT2D eigenvalue weighted by Gasteiger charge is 2.10. The van der Waals surface area contributed by atoms with Crippen molar-refractivity contribution >= 4 is 10.0 Å². The smallest absolute Gasteiger partial charge is 0.215 e. The second-order valence-electron chi connectivity index (χ2n) is 4.02. The van der Waals surface area contributed by atoms with Crippen LogP contribution in [0.25, 0.3) is 0 Å². The Morgan fingerprint density at radius 3 is 2.72 bits per heavy atom. The van der Waals surface area contributed by atoms with Gasteiger partial charge in [0.1, 0.15) is 0 Å². The lowest BCUT2D eigenvalue weighted by molar-refractivity contribution is 0.196. The quantitative estimate of drug-likeness (QED) is 0.679. The first-order valence-corrected chi connectivity index (χ1v) is 7.47. The summed E-state index contributed by atoms with van der Waals surface area (Å²) in [4.78, 5) is 0. The van der Waals surface area contributed by atoms with E-state index in [1.54, 1.807) is 13.2 Å². The van der Waals surface area contributed by atoms with Crippen molar-refractivity contribution in [3.8, 4) is 0 Å². The summed E-state index contributed by atoms with van der Waals surface area (Å²) in [6, 6.07) is 7.29. The monoisotopic (exact) mass is 272 g/mol. The van der Waals surface area contributed by atoms with Gasteiger partial charge < -0.3 is 10.5 Å². The van der Waals surface area contributed by atoms with Gasteiger partial charge in [-0.3, -0.25) is 0 Å². The fourth-order valence-electron chi connectivity index (χ4n) is 1.56. The number of sulfonamides is 1. The van der Waals surface area contributed by atoms with E-state index in [-0.39, 0.29) is 5.75 Å². The lowest BCUT2D eigenvalue weighted by atomic mass is 10.1. The molecule has 0 atom stereocenters. The largest absolute Gasteiger partial charge is 0.385 e. The Balaban J connectivity index is 2.53. The van der Waals surface area contributed by atoms with Crippen LogP contribution in [0.15, 0.2) is 24.3 Å². The zero-order valence-corrected chi connectivity index (χ0v) is 11.4. The molecule has 1 rings (SSSR count). The molecule has 0 amide bonds. The molecule has 0 radical (unpaired) electrons. The minimum atomic E-state index is -3.29. The fraction of sp³-hybridized carbons (Fsp3) is 0.500. The van der Waals surface area contributed by atoms with E-state index in [1.807, 2.05) is 18.2 Å². The zero-order valence-electron chi connectivity index (χ0n) is 10.6. The van der Waals surface area contributed by atoms with E-state index in [1.165, 1.54) is 0 Å². The summed E-state index contributed by atoms with van der Waals surface area (Å²) in [7, 11) is -1.70. The number of ether oxygens (including phenoxy) is 1. The lowest BCUT2D eigenvalue weighted by Crippen LogP contribution is -2.26. The van der Waals surface area contributed by atoms with Gasteiger partial charge in [0.15, 0.2) is 0 Å². The van der Waals surface area contributed by atoms with E-state index in [2.05, 4.69) is 4.72 Å². The van der Waals surface area contributed by atoms with Gasteiger partial charge in [-0.05, 0) is 17.5 Å². The van der Waals surface area contributed by atoms with Crippen LogP contribution in [-0.2, 0) is 27.1 Å². The van der Waals surface area contributed by atoms with Crippen LogP contribution >= 0.6 is 0 Å². The highest BCUT2D eigenvalue weighted by Crippen LogP contribution is 2.08. The molecule has 6 heteroatoms. The van der Waals surface area contributed by atoms with Crippen molar-refractivity contribution in [1.29, 1.82) is 0 Å². The average Bonchev–Trinajstić information content (AvgIpc) is 2.34. The molecule has 102 valence electrons. The van der Waals surface area contributed by atoms with Crippen LogP contribution in [0.1, 0.15) is 17.5 Å². The van der Waals surface area contributed by atoms with Crippen LogP contribution < -0.4 is 10.5 Å². The van der Waals surface area contributed by atoms with Crippen LogP contribution in [0.4, 0.5) is 0 Å². The van der Waals surface area contributed by atoms with Crippen molar-refractivity contribution in [3.63, 3.8) is 0 Å². The molecule has 0 aromatic heterocycles. The predicted molar refractivity (Wildman–Crippen MR) is 71.5 cm³/mol. The normalized spacial score (nSPS) is 11.7. The minimum Gasteiger partial charge on any atom is -0.385 e. The van der Waals surface area contributed by atoms with Crippen LogP contribution in [-0.4, -0.2) is 28.7 Å². The number of hydrogen-bond donors (Lipinski definition) is 2. The van der Waals surface area contributed by atoms with Crippen molar-refractivity contribution < 1.29 is 13.2 Å². The summed E-state index contributed by atoms with van der Waals surface area (Å²) in [6.45, 7) is 1.35. The van der Waals surface area contributed by atoms with Crippen molar-refractivity contribution in [1.82, 2.24) is 4.72 Å². The first-order valence-electron chi connectivity index (χ1n) is 5.81. The molecule has 0 heterocycles. The molecular formula is C12H20N2O3S. The molecule has 0 unspecified atom stereocenters. The Morgan fingerprint density at radius 1 is 1.33 bits per heavy atom. The highest BCUT2D eigenvalue weighted by molar-refractivity contribution is 7.88. The van der Waals surface area contributed by atoms with E-state index in [9.17, 15) is 8.42 Å². The van der Waals surface area contributed by atoms with E-state index in [4.69, 9.17) is 10.5 Å². The Morgan fingerprint density at radius 2 is 2.06 bits per heavy atom. The number of hydrogen-bond acceptors (Lipinski definition) is 4. The summed E-state index contributed by atoms with van der Waals surface area (Å²) in [5.74, 6) is -0.0200. The third kappa shape index (κ3) is 5.59. The Hall–Kier alpha value is -0.950. The molecule has 0 aliphatic rings. The molecule has 1 aromatic rings. The van der Waals surface area contributed by atoms with Crippen molar-refractivity contribution in [2.75, 3.05) is 20.3 Å². The zero-order chi connectivity index (χ0) is 13.4. The summed E-state index contributed by atoms with van der Waals surface area (Å²) >= 11 is 0. The SMILES string of the molecule is COCCCNS(=O)(=O)Cc1cccc(CN)c1. The van der Waals surface area contributed by atoms with Crippen LogP contribution in [0.5, 0.6) is 0 Å². The maximum atomic E-state index is 11.8. The van der Waals surface area contributed by atoms with Gasteiger partial charge in [-0.15, -0.1) is 0 Å². The molecular weight excluding hydrogens is 252 g/mol. The molecule has 0 saturated carbocycles. The molecule has 1 aromatic carbocycles. The van der Waals surface area contributed by atoms with Crippen molar-refractivity contribution in [2.45, 2.75) is 18.7 Å². The van der Waals surface area contributed by atoms with Gasteiger partial charge in [0, 0.05) is 26.8 Å². The maximum Gasteiger partial charge on any atom is 0.215 e. The maximum absolute atomic E-state index is 11.8. The Kier molecular flexibility index (Phi) is 6.28. The fourth-order valence-corrected chi connectivity index (χ4v) is 2.74. The van der Waals surface area contributed by atoms with Gasteiger partial charge in [-0.1, -0.05) is 24.3 Å². The number of nitrogens with two attached hydrogens (primary N) is 1. The van der Waals surface area contributed by atoms with E-state index < -0.39 is 10.0 Å². The molecule has 5 nitrogen and oxygen atoms in total. The minimum absolute atomic E-state index is 0.0200. The molecule has 0 fully saturated rings. The highest BCUT2D eigenvalue weighted by atomic mass is 32.2. The average molecular weight is 272 g/mol. The van der Waals surface area contributed by atoms with Gasteiger partial charge in [-0.25, -0.2) is 13.1 Å². The topological polar surface area (TPSA) is 81.4 Å². The molecule has 0 spiro atoms. The number of rotatable bonds is 8. The molecule has 0 aliphatic carbocycles. The van der Waals surface area contributed by atoms with Crippen molar-refractivity contribution in [3.05, 3.63) is 35.4 Å². The molecule has 0 saturated heterocycles. The summed E-state index contributed by atoms with van der Waals surface area (Å²) < 4.78 is 31.0. The molecule has 18 heavy (non-hydrogen) atoms. The van der Waals surface area contributed by atoms with Crippen molar-refractivity contribution in [2.24, 2.45) is 5.73 Å². The second kappa shape index (κ2) is 7.48. The third-order valence-corrected chi connectivity index (χ3v) is 3.79. The van der Waals surface area contributed by atoms with Gasteiger partial charge >= 0.3 is 0 Å². The number of benzene rings is 1. The lowest BCUT2D eigenvalue weighted by Gasteiger charge is -2.07. The van der Waals surface area contributed by atoms with Crippen LogP contribution in [0, 0.1) is 0 Å². The second-order valence-corrected chi connectivity index (χ2v) is 5.83. The summed E-state index contributed by atoms with van der Waals surface area (Å²) in [5, 5.41) is 0. The van der Waals surface area contributed by atoms with E-state index in [0.717, 1.165) is 11.1 Å². The van der Waals surface area contributed by atoms with Crippen LogP contribution in [0.3, 0.4) is 0 Å². The van der Waals surface area contributed by atoms with Gasteiger partial charge in [0.05, 0.1) is 5.75 Å². The molecule has 3 N–H and O–H groups in total. The van der Waals surface area contributed by atoms with Gasteiger partial charge in [0.2, 0.25) is 10.0 Å². The van der Waals surface area contributed by atoms with Gasteiger partial charge in [-0.2, -0.15) is 0 Å². The summed E-state index contributed by atoms with van der Waals surface area (Å²) in [5.41, 5.74) is 7.20. The number of methoxy groups -OCH3 is 1. The van der Waals surface area contributed by atoms with E-state index in [0.29, 0.717) is 26.1 Å². The Bertz CT molecular complexity index is 460. The standard InChI is InChI=1S/C12H20N2O3S/c1-17-7-3-6-14-18(15,16)10-12-5-2-4-11(8-12)9-13/h2,4-5,8,14H,3,6-7,9-10,13H2,1H3. The Labute approximate surface area is 108 Å². The predicted octanol–water partition coefficient (Wildman–Crippen LogP) is 0.601. The molecule has 0 aliphatic heterocycles. The molecule has 0 bridgehead atoms.